The van der Waals surface area contributed by atoms with Crippen molar-refractivity contribution >= 4 is 5.69 Å². The lowest BCUT2D eigenvalue weighted by Crippen LogP contribution is -2.38. The molecule has 2 heteroatoms. The minimum absolute atomic E-state index is 0.205. The molecule has 138 valence electrons. The SMILES string of the molecule is COc1cccc(C2(C)CCC3c4cc(C(C)(C)C)ccc4NC3C2)c1. The van der Waals surface area contributed by atoms with Gasteiger partial charge in [0.15, 0.2) is 0 Å². The van der Waals surface area contributed by atoms with Gasteiger partial charge in [-0.15, -0.1) is 0 Å². The normalized spacial score (nSPS) is 27.4. The highest BCUT2D eigenvalue weighted by atomic mass is 16.5. The van der Waals surface area contributed by atoms with E-state index in [0.717, 1.165) is 5.75 Å². The summed E-state index contributed by atoms with van der Waals surface area (Å²) in [6.07, 6.45) is 3.64. The Bertz CT molecular complexity index is 819. The van der Waals surface area contributed by atoms with Gasteiger partial charge in [0.25, 0.3) is 0 Å². The van der Waals surface area contributed by atoms with Gasteiger partial charge in [-0.3, -0.25) is 0 Å². The molecular weight excluding hydrogens is 318 g/mol. The van der Waals surface area contributed by atoms with Gasteiger partial charge in [0, 0.05) is 17.6 Å². The topological polar surface area (TPSA) is 21.3 Å². The lowest BCUT2D eigenvalue weighted by molar-refractivity contribution is 0.278. The third kappa shape index (κ3) is 2.90. The number of hydrogen-bond donors (Lipinski definition) is 1. The lowest BCUT2D eigenvalue weighted by atomic mass is 9.65. The summed E-state index contributed by atoms with van der Waals surface area (Å²) in [6, 6.07) is 16.2. The monoisotopic (exact) mass is 349 g/mol. The number of rotatable bonds is 2. The summed E-state index contributed by atoms with van der Waals surface area (Å²) < 4.78 is 5.46. The van der Waals surface area contributed by atoms with Crippen molar-refractivity contribution in [2.75, 3.05) is 12.4 Å². The van der Waals surface area contributed by atoms with Crippen LogP contribution >= 0.6 is 0 Å². The predicted octanol–water partition coefficient (Wildman–Crippen LogP) is 6.01. The Kier molecular flexibility index (Phi) is 4.06. The maximum Gasteiger partial charge on any atom is 0.119 e. The van der Waals surface area contributed by atoms with E-state index in [9.17, 15) is 0 Å². The van der Waals surface area contributed by atoms with Crippen molar-refractivity contribution in [3.8, 4) is 5.75 Å². The minimum Gasteiger partial charge on any atom is -0.497 e. The molecule has 3 atom stereocenters. The number of anilines is 1. The fourth-order valence-corrected chi connectivity index (χ4v) is 4.86. The largest absolute Gasteiger partial charge is 0.497 e. The number of hydrogen-bond acceptors (Lipinski definition) is 2. The average Bonchev–Trinajstić information content (AvgIpc) is 2.97. The fraction of sp³-hybridized carbons (Fsp3) is 0.500. The highest BCUT2D eigenvalue weighted by molar-refractivity contribution is 5.61. The van der Waals surface area contributed by atoms with Crippen molar-refractivity contribution in [1.29, 1.82) is 0 Å². The molecule has 0 aromatic heterocycles. The van der Waals surface area contributed by atoms with Gasteiger partial charge in [-0.2, -0.15) is 0 Å². The molecule has 1 aliphatic carbocycles. The molecule has 0 radical (unpaired) electrons. The molecule has 4 rings (SSSR count). The zero-order valence-electron chi connectivity index (χ0n) is 16.7. The van der Waals surface area contributed by atoms with Crippen LogP contribution in [-0.4, -0.2) is 13.2 Å². The van der Waals surface area contributed by atoms with Crippen LogP contribution in [0.2, 0.25) is 0 Å². The van der Waals surface area contributed by atoms with Gasteiger partial charge in [-0.25, -0.2) is 0 Å². The van der Waals surface area contributed by atoms with Crippen molar-refractivity contribution < 1.29 is 4.74 Å². The maximum atomic E-state index is 5.46. The lowest BCUT2D eigenvalue weighted by Gasteiger charge is -2.41. The zero-order chi connectivity index (χ0) is 18.5. The van der Waals surface area contributed by atoms with Crippen LogP contribution in [0.5, 0.6) is 5.75 Å². The molecule has 2 aromatic carbocycles. The van der Waals surface area contributed by atoms with Crippen molar-refractivity contribution in [2.45, 2.75) is 69.7 Å². The molecule has 0 spiro atoms. The molecule has 26 heavy (non-hydrogen) atoms. The summed E-state index contributed by atoms with van der Waals surface area (Å²) in [5.74, 6) is 1.61. The van der Waals surface area contributed by atoms with Gasteiger partial charge >= 0.3 is 0 Å². The van der Waals surface area contributed by atoms with E-state index >= 15 is 0 Å². The molecule has 0 saturated heterocycles. The van der Waals surface area contributed by atoms with Crippen LogP contribution in [0.15, 0.2) is 42.5 Å². The minimum atomic E-state index is 0.205. The maximum absolute atomic E-state index is 5.46. The van der Waals surface area contributed by atoms with E-state index in [0.29, 0.717) is 12.0 Å². The second-order valence-corrected chi connectivity index (χ2v) is 9.44. The second kappa shape index (κ2) is 6.04. The Morgan fingerprint density at radius 2 is 1.92 bits per heavy atom. The van der Waals surface area contributed by atoms with Gasteiger partial charge < -0.3 is 10.1 Å². The zero-order valence-corrected chi connectivity index (χ0v) is 16.7. The van der Waals surface area contributed by atoms with E-state index in [2.05, 4.69) is 69.4 Å². The molecule has 2 aliphatic rings. The molecule has 1 heterocycles. The first kappa shape index (κ1) is 17.5. The smallest absolute Gasteiger partial charge is 0.119 e. The predicted molar refractivity (Wildman–Crippen MR) is 109 cm³/mol. The van der Waals surface area contributed by atoms with Gasteiger partial charge in [0.05, 0.1) is 7.11 Å². The molecule has 0 bridgehead atoms. The summed E-state index contributed by atoms with van der Waals surface area (Å²) >= 11 is 0. The van der Waals surface area contributed by atoms with Gasteiger partial charge in [0.1, 0.15) is 5.75 Å². The van der Waals surface area contributed by atoms with Crippen molar-refractivity contribution in [3.63, 3.8) is 0 Å². The average molecular weight is 350 g/mol. The van der Waals surface area contributed by atoms with E-state index in [1.807, 2.05) is 6.07 Å². The summed E-state index contributed by atoms with van der Waals surface area (Å²) in [6.45, 7) is 9.32. The number of fused-ring (bicyclic) bond motifs is 3. The standard InChI is InChI=1S/C24H31NO/c1-23(2,3)16-9-10-21-20(14-16)19-11-12-24(4,15-22(19)25-21)17-7-6-8-18(13-17)26-5/h6-10,13-14,19,22,25H,11-12,15H2,1-5H3. The summed E-state index contributed by atoms with van der Waals surface area (Å²) in [4.78, 5) is 0. The van der Waals surface area contributed by atoms with Gasteiger partial charge in [-0.05, 0) is 65.0 Å². The van der Waals surface area contributed by atoms with E-state index < -0.39 is 0 Å². The third-order valence-electron chi connectivity index (χ3n) is 6.59. The van der Waals surface area contributed by atoms with E-state index in [4.69, 9.17) is 4.74 Å². The number of methoxy groups -OCH3 is 1. The molecule has 1 saturated carbocycles. The molecule has 0 amide bonds. The molecular formula is C24H31NO. The Balaban J connectivity index is 1.61. The molecule has 1 N–H and O–H groups in total. The van der Waals surface area contributed by atoms with Crippen molar-refractivity contribution in [2.24, 2.45) is 0 Å². The van der Waals surface area contributed by atoms with Crippen LogP contribution in [0.25, 0.3) is 0 Å². The quantitative estimate of drug-likeness (QED) is 0.716. The first-order valence-corrected chi connectivity index (χ1v) is 9.86. The fourth-order valence-electron chi connectivity index (χ4n) is 4.86. The first-order chi connectivity index (χ1) is 12.3. The van der Waals surface area contributed by atoms with E-state index in [1.165, 1.54) is 41.6 Å². The van der Waals surface area contributed by atoms with Crippen LogP contribution in [0, 0.1) is 0 Å². The Morgan fingerprint density at radius 3 is 2.65 bits per heavy atom. The molecule has 2 nitrogen and oxygen atoms in total. The van der Waals surface area contributed by atoms with Crippen molar-refractivity contribution in [3.05, 3.63) is 59.2 Å². The first-order valence-electron chi connectivity index (χ1n) is 9.86. The summed E-state index contributed by atoms with van der Waals surface area (Å²) in [7, 11) is 1.75. The number of ether oxygens (including phenoxy) is 1. The molecule has 2 aromatic rings. The van der Waals surface area contributed by atoms with E-state index in [1.54, 1.807) is 7.11 Å². The van der Waals surface area contributed by atoms with Crippen LogP contribution in [0.3, 0.4) is 0 Å². The Morgan fingerprint density at radius 1 is 1.12 bits per heavy atom. The van der Waals surface area contributed by atoms with Crippen LogP contribution in [0.1, 0.15) is 69.6 Å². The highest BCUT2D eigenvalue weighted by Gasteiger charge is 2.43. The summed E-state index contributed by atoms with van der Waals surface area (Å²) in [5.41, 5.74) is 6.15. The number of benzene rings is 2. The molecule has 1 fully saturated rings. The Hall–Kier alpha value is -1.96. The van der Waals surface area contributed by atoms with Crippen LogP contribution in [0.4, 0.5) is 5.69 Å². The molecule has 1 aliphatic heterocycles. The van der Waals surface area contributed by atoms with Crippen molar-refractivity contribution in [1.82, 2.24) is 0 Å². The van der Waals surface area contributed by atoms with Crippen LogP contribution < -0.4 is 10.1 Å². The van der Waals surface area contributed by atoms with Gasteiger partial charge in [-0.1, -0.05) is 52.0 Å². The Labute approximate surface area is 158 Å². The van der Waals surface area contributed by atoms with Gasteiger partial charge in [0.2, 0.25) is 0 Å². The highest BCUT2D eigenvalue weighted by Crippen LogP contribution is 2.51. The number of nitrogens with one attached hydrogen (secondary N) is 1. The molecule has 3 unspecified atom stereocenters. The van der Waals surface area contributed by atoms with Crippen LogP contribution in [-0.2, 0) is 10.8 Å². The summed E-state index contributed by atoms with van der Waals surface area (Å²) in [5, 5.41) is 3.84. The van der Waals surface area contributed by atoms with E-state index in [-0.39, 0.29) is 10.8 Å². The second-order valence-electron chi connectivity index (χ2n) is 9.44. The third-order valence-corrected chi connectivity index (χ3v) is 6.59.